The molecule has 1 nitrogen and oxygen atoms in total. The second-order valence-electron chi connectivity index (χ2n) is 5.59. The van der Waals surface area contributed by atoms with Gasteiger partial charge in [-0.2, -0.15) is 0 Å². The third-order valence-electron chi connectivity index (χ3n) is 4.29. The average molecular weight is 241 g/mol. The molecule has 3 fully saturated rings. The first kappa shape index (κ1) is 11.1. The van der Waals surface area contributed by atoms with E-state index in [1.165, 1.54) is 0 Å². The van der Waals surface area contributed by atoms with Crippen LogP contribution in [-0.4, -0.2) is 13.6 Å². The van der Waals surface area contributed by atoms with E-state index in [2.05, 4.69) is 5.32 Å². The zero-order chi connectivity index (χ0) is 12.3. The second kappa shape index (κ2) is 3.25. The summed E-state index contributed by atoms with van der Waals surface area (Å²) in [5.41, 5.74) is 0.842. The molecule has 2 bridgehead atoms. The molecule has 3 aliphatic carbocycles. The minimum atomic E-state index is -1.37. The van der Waals surface area contributed by atoms with Crippen molar-refractivity contribution in [3.8, 4) is 0 Å². The lowest BCUT2D eigenvalue weighted by atomic mass is 9.33. The topological polar surface area (TPSA) is 12.0 Å². The zero-order valence-corrected chi connectivity index (χ0v) is 9.62. The fraction of sp³-hybridized carbons (Fsp3) is 0.538. The summed E-state index contributed by atoms with van der Waals surface area (Å²) in [5.74, 6) is -3.52. The fourth-order valence-corrected chi connectivity index (χ4v) is 3.73. The Bertz CT molecular complexity index is 441. The van der Waals surface area contributed by atoms with Crippen molar-refractivity contribution in [2.45, 2.75) is 24.7 Å². The maximum absolute atomic E-state index is 13.2. The van der Waals surface area contributed by atoms with Crippen LogP contribution in [0, 0.1) is 22.9 Å². The van der Waals surface area contributed by atoms with Crippen molar-refractivity contribution in [1.29, 1.82) is 0 Å². The van der Waals surface area contributed by atoms with Crippen molar-refractivity contribution in [2.24, 2.45) is 5.41 Å². The van der Waals surface area contributed by atoms with Gasteiger partial charge in [0.25, 0.3) is 0 Å². The van der Waals surface area contributed by atoms with Crippen molar-refractivity contribution in [3.05, 3.63) is 35.1 Å². The Kier molecular flexibility index (Phi) is 2.12. The molecule has 1 aromatic carbocycles. The van der Waals surface area contributed by atoms with Gasteiger partial charge in [0.1, 0.15) is 0 Å². The Morgan fingerprint density at radius 2 is 1.65 bits per heavy atom. The standard InChI is InChI=1S/C13H14F3N/c1-17-7-12-4-13(5-12,6-12)8-2-9(14)11(16)10(15)3-8/h2-3,17H,4-7H2,1H3. The predicted octanol–water partition coefficient (Wildman–Crippen LogP) is 2.75. The number of hydrogen-bond acceptors (Lipinski definition) is 1. The van der Waals surface area contributed by atoms with Gasteiger partial charge in [0, 0.05) is 6.54 Å². The molecule has 0 aliphatic heterocycles. The Labute approximate surface area is 98.0 Å². The molecule has 1 aromatic rings. The largest absolute Gasteiger partial charge is 0.319 e. The number of hydrogen-bond donors (Lipinski definition) is 1. The van der Waals surface area contributed by atoms with E-state index in [0.29, 0.717) is 11.0 Å². The molecule has 1 N–H and O–H groups in total. The highest BCUT2D eigenvalue weighted by atomic mass is 19.2. The molecule has 17 heavy (non-hydrogen) atoms. The molecule has 4 heteroatoms. The summed E-state index contributed by atoms with van der Waals surface area (Å²) >= 11 is 0. The van der Waals surface area contributed by atoms with E-state index in [1.54, 1.807) is 0 Å². The lowest BCUT2D eigenvalue weighted by Gasteiger charge is -2.71. The Hall–Kier alpha value is -1.03. The van der Waals surface area contributed by atoms with E-state index < -0.39 is 17.5 Å². The van der Waals surface area contributed by atoms with Gasteiger partial charge < -0.3 is 5.32 Å². The summed E-state index contributed by atoms with van der Waals surface area (Å²) in [5, 5.41) is 3.14. The lowest BCUT2D eigenvalue weighted by Crippen LogP contribution is -2.67. The first-order chi connectivity index (χ1) is 8.00. The van der Waals surface area contributed by atoms with Crippen LogP contribution >= 0.6 is 0 Å². The normalized spacial score (nSPS) is 34.1. The van der Waals surface area contributed by atoms with Crippen LogP contribution in [-0.2, 0) is 5.41 Å². The highest BCUT2D eigenvalue weighted by Gasteiger charge is 2.67. The number of halogens is 3. The van der Waals surface area contributed by atoms with Crippen molar-refractivity contribution in [1.82, 2.24) is 5.32 Å². The average Bonchev–Trinajstić information content (AvgIpc) is 2.17. The quantitative estimate of drug-likeness (QED) is 0.802. The summed E-state index contributed by atoms with van der Waals surface area (Å²) in [6.07, 6.45) is 2.85. The molecule has 0 heterocycles. The van der Waals surface area contributed by atoms with E-state index in [1.807, 2.05) is 7.05 Å². The molecular weight excluding hydrogens is 227 g/mol. The predicted molar refractivity (Wildman–Crippen MR) is 58.2 cm³/mol. The summed E-state index contributed by atoms with van der Waals surface area (Å²) < 4.78 is 39.2. The first-order valence-corrected chi connectivity index (χ1v) is 5.80. The number of nitrogens with one attached hydrogen (secondary N) is 1. The molecule has 92 valence electrons. The molecule has 0 saturated heterocycles. The summed E-state index contributed by atoms with van der Waals surface area (Å²) in [6, 6.07) is 2.31. The van der Waals surface area contributed by atoms with E-state index >= 15 is 0 Å². The van der Waals surface area contributed by atoms with Gasteiger partial charge in [-0.1, -0.05) is 0 Å². The molecule has 3 saturated carbocycles. The van der Waals surface area contributed by atoms with Crippen LogP contribution in [0.25, 0.3) is 0 Å². The minimum Gasteiger partial charge on any atom is -0.319 e. The van der Waals surface area contributed by atoms with Crippen LogP contribution in [0.3, 0.4) is 0 Å². The molecular formula is C13H14F3N. The smallest absolute Gasteiger partial charge is 0.194 e. The van der Waals surface area contributed by atoms with E-state index in [4.69, 9.17) is 0 Å². The van der Waals surface area contributed by atoms with Gasteiger partial charge in [0.15, 0.2) is 17.5 Å². The van der Waals surface area contributed by atoms with Crippen molar-refractivity contribution >= 4 is 0 Å². The Balaban J connectivity index is 1.85. The summed E-state index contributed by atoms with van der Waals surface area (Å²) in [7, 11) is 1.91. The third-order valence-corrected chi connectivity index (χ3v) is 4.29. The van der Waals surface area contributed by atoms with Crippen molar-refractivity contribution in [3.63, 3.8) is 0 Å². The van der Waals surface area contributed by atoms with Gasteiger partial charge in [-0.15, -0.1) is 0 Å². The second-order valence-corrected chi connectivity index (χ2v) is 5.59. The van der Waals surface area contributed by atoms with Gasteiger partial charge >= 0.3 is 0 Å². The molecule has 0 aromatic heterocycles. The Morgan fingerprint density at radius 3 is 2.12 bits per heavy atom. The third kappa shape index (κ3) is 1.36. The maximum Gasteiger partial charge on any atom is 0.194 e. The fourth-order valence-electron chi connectivity index (χ4n) is 3.73. The van der Waals surface area contributed by atoms with Crippen LogP contribution in [0.1, 0.15) is 24.8 Å². The van der Waals surface area contributed by atoms with Gasteiger partial charge in [-0.05, 0) is 54.8 Å². The van der Waals surface area contributed by atoms with Crippen LogP contribution in [0.4, 0.5) is 13.2 Å². The first-order valence-electron chi connectivity index (χ1n) is 5.80. The van der Waals surface area contributed by atoms with Crippen molar-refractivity contribution in [2.75, 3.05) is 13.6 Å². The number of rotatable bonds is 3. The SMILES string of the molecule is CNCC12CC(c3cc(F)c(F)c(F)c3)(C1)C2. The molecule has 4 rings (SSSR count). The van der Waals surface area contributed by atoms with E-state index in [-0.39, 0.29) is 5.41 Å². The van der Waals surface area contributed by atoms with Crippen LogP contribution < -0.4 is 5.32 Å². The number of benzene rings is 1. The lowest BCUT2D eigenvalue weighted by molar-refractivity contribution is -0.137. The van der Waals surface area contributed by atoms with E-state index in [9.17, 15) is 13.2 Å². The highest BCUT2D eigenvalue weighted by Crippen LogP contribution is 2.73. The van der Waals surface area contributed by atoms with Crippen LogP contribution in [0.2, 0.25) is 0 Å². The summed E-state index contributed by atoms with van der Waals surface area (Å²) in [6.45, 7) is 0.945. The zero-order valence-electron chi connectivity index (χ0n) is 9.62. The van der Waals surface area contributed by atoms with Gasteiger partial charge in [-0.3, -0.25) is 0 Å². The molecule has 3 aliphatic rings. The van der Waals surface area contributed by atoms with Gasteiger partial charge in [-0.25, -0.2) is 13.2 Å². The minimum absolute atomic E-state index is 0.0910. The summed E-state index contributed by atoms with van der Waals surface area (Å²) in [4.78, 5) is 0. The van der Waals surface area contributed by atoms with Crippen molar-refractivity contribution < 1.29 is 13.2 Å². The molecule has 0 atom stereocenters. The Morgan fingerprint density at radius 1 is 1.12 bits per heavy atom. The van der Waals surface area contributed by atoms with E-state index in [0.717, 1.165) is 37.9 Å². The van der Waals surface area contributed by atoms with Crippen LogP contribution in [0.5, 0.6) is 0 Å². The monoisotopic (exact) mass is 241 g/mol. The molecule has 0 spiro atoms. The molecule has 0 amide bonds. The van der Waals surface area contributed by atoms with Gasteiger partial charge in [0.05, 0.1) is 0 Å². The van der Waals surface area contributed by atoms with Crippen LogP contribution in [0.15, 0.2) is 12.1 Å². The highest BCUT2D eigenvalue weighted by molar-refractivity contribution is 5.39. The van der Waals surface area contributed by atoms with Gasteiger partial charge in [0.2, 0.25) is 0 Å². The molecule has 0 radical (unpaired) electrons. The molecule has 0 unspecified atom stereocenters. The maximum atomic E-state index is 13.2.